The molecule has 1 aromatic carbocycles. The molecule has 0 bridgehead atoms. The highest BCUT2D eigenvalue weighted by Gasteiger charge is 2.20. The molecule has 17 heavy (non-hydrogen) atoms. The van der Waals surface area contributed by atoms with Crippen LogP contribution in [0.3, 0.4) is 0 Å². The molecular weight excluding hydrogens is 208 g/mol. The van der Waals surface area contributed by atoms with Crippen LogP contribution in [-0.4, -0.2) is 0 Å². The Labute approximate surface area is 103 Å². The molecule has 0 aliphatic heterocycles. The molecule has 0 N–H and O–H groups in total. The van der Waals surface area contributed by atoms with Crippen LogP contribution in [0.1, 0.15) is 43.6 Å². The van der Waals surface area contributed by atoms with Crippen molar-refractivity contribution in [1.82, 2.24) is 0 Å². The van der Waals surface area contributed by atoms with Crippen molar-refractivity contribution in [2.75, 3.05) is 0 Å². The molecule has 1 nitrogen and oxygen atoms in total. The molecule has 0 amide bonds. The molecule has 0 aliphatic carbocycles. The maximum absolute atomic E-state index is 5.93. The van der Waals surface area contributed by atoms with E-state index in [2.05, 4.69) is 39.0 Å². The van der Waals surface area contributed by atoms with Gasteiger partial charge in [0.2, 0.25) is 0 Å². The van der Waals surface area contributed by atoms with Crippen LogP contribution in [0.5, 0.6) is 0 Å². The number of benzene rings is 1. The molecular formula is C16H21O+. The first kappa shape index (κ1) is 12.1. The minimum Gasteiger partial charge on any atom is -0.212 e. The fourth-order valence-electron chi connectivity index (χ4n) is 2.52. The van der Waals surface area contributed by atoms with Crippen molar-refractivity contribution in [2.24, 2.45) is 0 Å². The lowest BCUT2D eigenvalue weighted by Gasteiger charge is -2.07. The van der Waals surface area contributed by atoms with E-state index in [9.17, 15) is 0 Å². The van der Waals surface area contributed by atoms with Gasteiger partial charge >= 0.3 is 11.3 Å². The third kappa shape index (κ3) is 2.33. The maximum Gasteiger partial charge on any atom is 0.360 e. The fourth-order valence-corrected chi connectivity index (χ4v) is 2.52. The Kier molecular flexibility index (Phi) is 3.78. The van der Waals surface area contributed by atoms with E-state index in [-0.39, 0.29) is 0 Å². The number of rotatable bonds is 4. The van der Waals surface area contributed by atoms with E-state index in [0.29, 0.717) is 0 Å². The summed E-state index contributed by atoms with van der Waals surface area (Å²) >= 11 is 0. The van der Waals surface area contributed by atoms with Crippen molar-refractivity contribution in [3.05, 3.63) is 41.2 Å². The van der Waals surface area contributed by atoms with E-state index in [1.54, 1.807) is 0 Å². The van der Waals surface area contributed by atoms with Crippen molar-refractivity contribution in [3.63, 3.8) is 0 Å². The SMILES string of the molecule is CCCc1c(C)[o+]c2ccccc2c1CCC. The van der Waals surface area contributed by atoms with Crippen LogP contribution in [-0.2, 0) is 12.8 Å². The molecule has 0 atom stereocenters. The highest BCUT2D eigenvalue weighted by molar-refractivity contribution is 5.81. The normalized spacial score (nSPS) is 11.0. The summed E-state index contributed by atoms with van der Waals surface area (Å²) in [6, 6.07) is 8.39. The second-order valence-electron chi connectivity index (χ2n) is 4.61. The number of fused-ring (bicyclic) bond motifs is 1. The number of hydrogen-bond acceptors (Lipinski definition) is 0. The van der Waals surface area contributed by atoms with Gasteiger partial charge < -0.3 is 0 Å². The first-order valence-electron chi connectivity index (χ1n) is 6.61. The topological polar surface area (TPSA) is 11.3 Å². The Hall–Kier alpha value is -1.37. The van der Waals surface area contributed by atoms with Crippen LogP contribution < -0.4 is 0 Å². The molecule has 0 radical (unpaired) electrons. The average Bonchev–Trinajstić information content (AvgIpc) is 2.34. The maximum atomic E-state index is 5.93. The molecule has 2 rings (SSSR count). The smallest absolute Gasteiger partial charge is 0.212 e. The largest absolute Gasteiger partial charge is 0.360 e. The van der Waals surface area contributed by atoms with E-state index in [0.717, 1.165) is 24.2 Å². The predicted octanol–water partition coefficient (Wildman–Crippen LogP) is 4.93. The van der Waals surface area contributed by atoms with Crippen LogP contribution in [0.4, 0.5) is 0 Å². The first-order chi connectivity index (χ1) is 8.27. The highest BCUT2D eigenvalue weighted by Crippen LogP contribution is 2.27. The molecule has 90 valence electrons. The second kappa shape index (κ2) is 5.31. The van der Waals surface area contributed by atoms with Crippen molar-refractivity contribution in [3.8, 4) is 0 Å². The lowest BCUT2D eigenvalue weighted by atomic mass is 9.95. The summed E-state index contributed by atoms with van der Waals surface area (Å²) in [5.74, 6) is 1.09. The number of hydrogen-bond donors (Lipinski definition) is 0. The summed E-state index contributed by atoms with van der Waals surface area (Å²) in [7, 11) is 0. The van der Waals surface area contributed by atoms with Crippen LogP contribution in [0.25, 0.3) is 11.0 Å². The zero-order valence-corrected chi connectivity index (χ0v) is 11.0. The average molecular weight is 229 g/mol. The zero-order chi connectivity index (χ0) is 12.3. The lowest BCUT2D eigenvalue weighted by molar-refractivity contribution is 0.551. The van der Waals surface area contributed by atoms with E-state index in [1.807, 2.05) is 6.07 Å². The van der Waals surface area contributed by atoms with Crippen LogP contribution in [0, 0.1) is 6.92 Å². The summed E-state index contributed by atoms with van der Waals surface area (Å²) in [6.45, 7) is 6.56. The monoisotopic (exact) mass is 229 g/mol. The minimum atomic E-state index is 1.02. The van der Waals surface area contributed by atoms with Gasteiger partial charge in [0, 0.05) is 6.07 Å². The van der Waals surface area contributed by atoms with Crippen molar-refractivity contribution >= 4 is 11.0 Å². The lowest BCUT2D eigenvalue weighted by Crippen LogP contribution is -1.99. The standard InChI is InChI=1S/C16H21O/c1-4-8-13-12(3)17-16-11-7-6-10-15(16)14(13)9-5-2/h6-7,10-11H,4-5,8-9H2,1-3H3/q+1. The molecule has 0 aliphatic rings. The van der Waals surface area contributed by atoms with E-state index < -0.39 is 0 Å². The molecule has 1 heterocycles. The van der Waals surface area contributed by atoms with Gasteiger partial charge in [-0.15, -0.1) is 0 Å². The number of para-hydroxylation sites is 1. The van der Waals surface area contributed by atoms with E-state index >= 15 is 0 Å². The van der Waals surface area contributed by atoms with Crippen molar-refractivity contribution < 1.29 is 4.42 Å². The zero-order valence-electron chi connectivity index (χ0n) is 11.0. The van der Waals surface area contributed by atoms with Gasteiger partial charge in [-0.2, -0.15) is 0 Å². The van der Waals surface area contributed by atoms with Crippen molar-refractivity contribution in [1.29, 1.82) is 0 Å². The molecule has 0 saturated heterocycles. The Balaban J connectivity index is 2.69. The van der Waals surface area contributed by atoms with Gasteiger partial charge in [0.1, 0.15) is 0 Å². The quantitative estimate of drug-likeness (QED) is 0.677. The minimum absolute atomic E-state index is 1.02. The van der Waals surface area contributed by atoms with Crippen LogP contribution in [0.15, 0.2) is 28.7 Å². The summed E-state index contributed by atoms with van der Waals surface area (Å²) in [5, 5.41) is 1.29. The van der Waals surface area contributed by atoms with Crippen LogP contribution >= 0.6 is 0 Å². The Morgan fingerprint density at radius 3 is 2.29 bits per heavy atom. The molecule has 1 aromatic heterocycles. The summed E-state index contributed by atoms with van der Waals surface area (Å²) in [5.41, 5.74) is 3.94. The van der Waals surface area contributed by atoms with Gasteiger partial charge in [-0.3, -0.25) is 0 Å². The molecule has 2 aromatic rings. The summed E-state index contributed by atoms with van der Waals surface area (Å²) in [6.07, 6.45) is 4.62. The van der Waals surface area contributed by atoms with Gasteiger partial charge in [0.15, 0.2) is 0 Å². The second-order valence-corrected chi connectivity index (χ2v) is 4.61. The van der Waals surface area contributed by atoms with Gasteiger partial charge in [0.05, 0.1) is 17.9 Å². The first-order valence-corrected chi connectivity index (χ1v) is 6.61. The van der Waals surface area contributed by atoms with Gasteiger partial charge in [-0.1, -0.05) is 38.8 Å². The molecule has 0 fully saturated rings. The third-order valence-corrected chi connectivity index (χ3v) is 3.26. The summed E-state index contributed by atoms with van der Waals surface area (Å²) in [4.78, 5) is 0. The Morgan fingerprint density at radius 2 is 1.59 bits per heavy atom. The van der Waals surface area contributed by atoms with Crippen LogP contribution in [0.2, 0.25) is 0 Å². The molecule has 0 unspecified atom stereocenters. The van der Waals surface area contributed by atoms with E-state index in [4.69, 9.17) is 4.42 Å². The highest BCUT2D eigenvalue weighted by atomic mass is 16.3. The summed E-state index contributed by atoms with van der Waals surface area (Å²) < 4.78 is 5.93. The van der Waals surface area contributed by atoms with Crippen molar-refractivity contribution in [2.45, 2.75) is 46.5 Å². The fraction of sp³-hybridized carbons (Fsp3) is 0.438. The molecule has 0 spiro atoms. The van der Waals surface area contributed by atoms with E-state index in [1.165, 1.54) is 29.4 Å². The number of aryl methyl sites for hydroxylation is 2. The Morgan fingerprint density at radius 1 is 0.941 bits per heavy atom. The predicted molar refractivity (Wildman–Crippen MR) is 73.3 cm³/mol. The molecule has 0 saturated carbocycles. The van der Waals surface area contributed by atoms with Gasteiger partial charge in [0.25, 0.3) is 0 Å². The van der Waals surface area contributed by atoms with Gasteiger partial charge in [-0.05, 0) is 24.5 Å². The molecule has 1 heteroatoms. The third-order valence-electron chi connectivity index (χ3n) is 3.26. The van der Waals surface area contributed by atoms with Gasteiger partial charge in [-0.25, -0.2) is 4.42 Å². The Bertz CT molecular complexity index is 514.